The van der Waals surface area contributed by atoms with E-state index in [1.54, 1.807) is 4.90 Å². The molecule has 1 heterocycles. The topological polar surface area (TPSA) is 66.8 Å². The Balaban J connectivity index is 1.84. The normalized spacial score (nSPS) is 22.4. The average molecular weight is 277 g/mol. The number of likely N-dealkylation sites (tertiary alicyclic amines) is 1. The molecule has 0 unspecified atom stereocenters. The smallest absolute Gasteiger partial charge is 0.410 e. The summed E-state index contributed by atoms with van der Waals surface area (Å²) >= 11 is 0. The lowest BCUT2D eigenvalue weighted by Crippen LogP contribution is -2.45. The first-order valence-corrected chi connectivity index (χ1v) is 6.76. The Morgan fingerprint density at radius 1 is 1.35 bits per heavy atom. The molecule has 1 amide bonds. The SMILES string of the molecule is C[C@H]1CN(C(=O)OCc2ccccc2)CC[C@H]1C(=O)O. The molecule has 5 nitrogen and oxygen atoms in total. The third kappa shape index (κ3) is 3.50. The molecule has 0 aromatic heterocycles. The number of piperidine rings is 1. The highest BCUT2D eigenvalue weighted by molar-refractivity contribution is 5.72. The summed E-state index contributed by atoms with van der Waals surface area (Å²) in [6.07, 6.45) is 0.112. The molecule has 20 heavy (non-hydrogen) atoms. The van der Waals surface area contributed by atoms with Crippen LogP contribution in [0.15, 0.2) is 30.3 Å². The number of rotatable bonds is 3. The second-order valence-electron chi connectivity index (χ2n) is 5.20. The molecule has 1 fully saturated rings. The monoisotopic (exact) mass is 277 g/mol. The van der Waals surface area contributed by atoms with Crippen LogP contribution in [-0.2, 0) is 16.1 Å². The maximum absolute atomic E-state index is 11.9. The Morgan fingerprint density at radius 2 is 2.05 bits per heavy atom. The van der Waals surface area contributed by atoms with Gasteiger partial charge in [0.05, 0.1) is 5.92 Å². The minimum Gasteiger partial charge on any atom is -0.481 e. The standard InChI is InChI=1S/C15H19NO4/c1-11-9-16(8-7-13(11)14(17)18)15(19)20-10-12-5-3-2-4-6-12/h2-6,11,13H,7-10H2,1H3,(H,17,18)/t11-,13+/m0/s1. The lowest BCUT2D eigenvalue weighted by Gasteiger charge is -2.34. The summed E-state index contributed by atoms with van der Waals surface area (Å²) in [5.41, 5.74) is 0.939. The summed E-state index contributed by atoms with van der Waals surface area (Å²) in [6, 6.07) is 9.48. The minimum atomic E-state index is -0.783. The Hall–Kier alpha value is -2.04. The first kappa shape index (κ1) is 14.4. The molecule has 1 aliphatic heterocycles. The van der Waals surface area contributed by atoms with Gasteiger partial charge in [0.25, 0.3) is 0 Å². The van der Waals surface area contributed by atoms with Crippen molar-refractivity contribution in [1.82, 2.24) is 4.90 Å². The van der Waals surface area contributed by atoms with E-state index in [-0.39, 0.29) is 24.5 Å². The molecule has 0 saturated carbocycles. The number of carbonyl (C=O) groups is 2. The third-order valence-corrected chi connectivity index (χ3v) is 3.69. The summed E-state index contributed by atoms with van der Waals surface area (Å²) in [4.78, 5) is 24.6. The molecule has 0 radical (unpaired) electrons. The van der Waals surface area contributed by atoms with Crippen molar-refractivity contribution >= 4 is 12.1 Å². The zero-order chi connectivity index (χ0) is 14.5. The summed E-state index contributed by atoms with van der Waals surface area (Å²) in [7, 11) is 0. The zero-order valence-electron chi connectivity index (χ0n) is 11.5. The maximum Gasteiger partial charge on any atom is 0.410 e. The molecule has 1 aliphatic rings. The van der Waals surface area contributed by atoms with Crippen LogP contribution < -0.4 is 0 Å². The molecule has 2 rings (SSSR count). The summed E-state index contributed by atoms with van der Waals surface area (Å²) in [5, 5.41) is 9.05. The Morgan fingerprint density at radius 3 is 2.65 bits per heavy atom. The quantitative estimate of drug-likeness (QED) is 0.921. The number of aliphatic carboxylic acids is 1. The van der Waals surface area contributed by atoms with Crippen LogP contribution >= 0.6 is 0 Å². The van der Waals surface area contributed by atoms with Gasteiger partial charge in [0.1, 0.15) is 6.61 Å². The van der Waals surface area contributed by atoms with Gasteiger partial charge in [-0.3, -0.25) is 4.79 Å². The molecule has 1 aromatic carbocycles. The fourth-order valence-corrected chi connectivity index (χ4v) is 2.49. The van der Waals surface area contributed by atoms with Crippen molar-refractivity contribution in [2.24, 2.45) is 11.8 Å². The number of ether oxygens (including phenoxy) is 1. The molecule has 0 bridgehead atoms. The fourth-order valence-electron chi connectivity index (χ4n) is 2.49. The van der Waals surface area contributed by atoms with E-state index < -0.39 is 5.97 Å². The minimum absolute atomic E-state index is 0.0504. The van der Waals surface area contributed by atoms with Crippen molar-refractivity contribution in [2.45, 2.75) is 20.0 Å². The molecular weight excluding hydrogens is 258 g/mol. The maximum atomic E-state index is 11.9. The number of hydrogen-bond donors (Lipinski definition) is 1. The van der Waals surface area contributed by atoms with Crippen molar-refractivity contribution in [3.8, 4) is 0 Å². The van der Waals surface area contributed by atoms with Gasteiger partial charge in [-0.1, -0.05) is 37.3 Å². The molecule has 1 saturated heterocycles. The van der Waals surface area contributed by atoms with Gasteiger partial charge in [-0.2, -0.15) is 0 Å². The van der Waals surface area contributed by atoms with E-state index >= 15 is 0 Å². The van der Waals surface area contributed by atoms with E-state index in [1.807, 2.05) is 37.3 Å². The van der Waals surface area contributed by atoms with Crippen LogP contribution in [-0.4, -0.2) is 35.2 Å². The molecule has 0 spiro atoms. The molecule has 1 N–H and O–H groups in total. The van der Waals surface area contributed by atoms with Gasteiger partial charge in [-0.05, 0) is 17.9 Å². The van der Waals surface area contributed by atoms with Gasteiger partial charge in [-0.15, -0.1) is 0 Å². The lowest BCUT2D eigenvalue weighted by atomic mass is 9.87. The number of amides is 1. The molecular formula is C15H19NO4. The zero-order valence-corrected chi connectivity index (χ0v) is 11.5. The summed E-state index contributed by atoms with van der Waals surface area (Å²) in [6.45, 7) is 2.97. The number of nitrogens with zero attached hydrogens (tertiary/aromatic N) is 1. The van der Waals surface area contributed by atoms with Crippen LogP contribution in [0, 0.1) is 11.8 Å². The van der Waals surface area contributed by atoms with Crippen LogP contribution in [0.5, 0.6) is 0 Å². The Bertz CT molecular complexity index is 474. The second-order valence-corrected chi connectivity index (χ2v) is 5.20. The van der Waals surface area contributed by atoms with Crippen LogP contribution in [0.25, 0.3) is 0 Å². The number of carboxylic acid groups (broad SMARTS) is 1. The van der Waals surface area contributed by atoms with Gasteiger partial charge in [0.15, 0.2) is 0 Å². The number of hydrogen-bond acceptors (Lipinski definition) is 3. The summed E-state index contributed by atoms with van der Waals surface area (Å²) < 4.78 is 5.25. The highest BCUT2D eigenvalue weighted by atomic mass is 16.6. The van der Waals surface area contributed by atoms with Crippen molar-refractivity contribution in [3.63, 3.8) is 0 Å². The third-order valence-electron chi connectivity index (χ3n) is 3.69. The van der Waals surface area contributed by atoms with Gasteiger partial charge in [0.2, 0.25) is 0 Å². The van der Waals surface area contributed by atoms with E-state index in [1.165, 1.54) is 0 Å². The number of carboxylic acids is 1. The highest BCUT2D eigenvalue weighted by Gasteiger charge is 2.33. The Kier molecular flexibility index (Phi) is 4.61. The van der Waals surface area contributed by atoms with E-state index in [4.69, 9.17) is 9.84 Å². The van der Waals surface area contributed by atoms with Gasteiger partial charge >= 0.3 is 12.1 Å². The average Bonchev–Trinajstić information content (AvgIpc) is 2.45. The Labute approximate surface area is 118 Å². The first-order valence-electron chi connectivity index (χ1n) is 6.76. The second kappa shape index (κ2) is 6.41. The van der Waals surface area contributed by atoms with Crippen LogP contribution in [0.4, 0.5) is 4.79 Å². The predicted molar refractivity (Wildman–Crippen MR) is 73.1 cm³/mol. The van der Waals surface area contributed by atoms with E-state index in [2.05, 4.69) is 0 Å². The molecule has 0 aliphatic carbocycles. The first-order chi connectivity index (χ1) is 9.58. The fraction of sp³-hybridized carbons (Fsp3) is 0.467. The highest BCUT2D eigenvalue weighted by Crippen LogP contribution is 2.24. The molecule has 108 valence electrons. The van der Waals surface area contributed by atoms with Crippen LogP contribution in [0.2, 0.25) is 0 Å². The largest absolute Gasteiger partial charge is 0.481 e. The van der Waals surface area contributed by atoms with Crippen molar-refractivity contribution in [1.29, 1.82) is 0 Å². The van der Waals surface area contributed by atoms with Crippen LogP contribution in [0.3, 0.4) is 0 Å². The van der Waals surface area contributed by atoms with Crippen LogP contribution in [0.1, 0.15) is 18.9 Å². The number of benzene rings is 1. The van der Waals surface area contributed by atoms with Crippen molar-refractivity contribution in [3.05, 3.63) is 35.9 Å². The van der Waals surface area contributed by atoms with Crippen molar-refractivity contribution < 1.29 is 19.4 Å². The van der Waals surface area contributed by atoms with E-state index in [0.29, 0.717) is 19.5 Å². The number of carbonyl (C=O) groups excluding carboxylic acids is 1. The van der Waals surface area contributed by atoms with Gasteiger partial charge < -0.3 is 14.7 Å². The van der Waals surface area contributed by atoms with E-state index in [9.17, 15) is 9.59 Å². The van der Waals surface area contributed by atoms with Gasteiger partial charge in [-0.25, -0.2) is 4.79 Å². The lowest BCUT2D eigenvalue weighted by molar-refractivity contribution is -0.145. The molecule has 2 atom stereocenters. The predicted octanol–water partition coefficient (Wildman–Crippen LogP) is 2.37. The van der Waals surface area contributed by atoms with E-state index in [0.717, 1.165) is 5.56 Å². The molecule has 5 heteroatoms. The van der Waals surface area contributed by atoms with Gasteiger partial charge in [0, 0.05) is 13.1 Å². The van der Waals surface area contributed by atoms with Crippen molar-refractivity contribution in [2.75, 3.05) is 13.1 Å². The molecule has 1 aromatic rings. The summed E-state index contributed by atoms with van der Waals surface area (Å²) in [5.74, 6) is -1.20.